The van der Waals surface area contributed by atoms with E-state index in [-0.39, 0.29) is 17.9 Å². The van der Waals surface area contributed by atoms with E-state index in [1.54, 1.807) is 11.3 Å². The number of carbonyl (C=O) groups excluding carboxylic acids is 2. The van der Waals surface area contributed by atoms with E-state index in [4.69, 9.17) is 0 Å². The maximum atomic E-state index is 12.0. The Balaban J connectivity index is 1.70. The van der Waals surface area contributed by atoms with Crippen molar-refractivity contribution in [1.29, 1.82) is 0 Å². The molecule has 4 nitrogen and oxygen atoms in total. The first-order chi connectivity index (χ1) is 10.1. The van der Waals surface area contributed by atoms with Gasteiger partial charge < -0.3 is 10.2 Å². The van der Waals surface area contributed by atoms with Gasteiger partial charge >= 0.3 is 0 Å². The van der Waals surface area contributed by atoms with Gasteiger partial charge in [-0.3, -0.25) is 9.59 Å². The number of amides is 2. The minimum absolute atomic E-state index is 0.0381. The van der Waals surface area contributed by atoms with Crippen molar-refractivity contribution >= 4 is 23.2 Å². The van der Waals surface area contributed by atoms with Gasteiger partial charge in [-0.05, 0) is 31.2 Å². The largest absolute Gasteiger partial charge is 0.353 e. The standard InChI is InChI=1S/C16H24N2O2S/c1-13(12-14-6-5-11-21-14)17-15(19)8-10-18-9-4-2-3-7-16(18)20/h5-6,11,13H,2-4,7-10,12H2,1H3,(H,17,19). The zero-order chi connectivity index (χ0) is 15.1. The molecule has 0 radical (unpaired) electrons. The van der Waals surface area contributed by atoms with Crippen LogP contribution in [0, 0.1) is 0 Å². The molecule has 1 saturated heterocycles. The zero-order valence-corrected chi connectivity index (χ0v) is 13.5. The Labute approximate surface area is 130 Å². The molecule has 5 heteroatoms. The fourth-order valence-electron chi connectivity index (χ4n) is 2.64. The second-order valence-corrected chi connectivity index (χ2v) is 6.73. The van der Waals surface area contributed by atoms with Crippen LogP contribution < -0.4 is 5.32 Å². The summed E-state index contributed by atoms with van der Waals surface area (Å²) in [5.74, 6) is 0.239. The topological polar surface area (TPSA) is 49.4 Å². The SMILES string of the molecule is CC(Cc1cccs1)NC(=O)CCN1CCCCCC1=O. The fourth-order valence-corrected chi connectivity index (χ4v) is 3.48. The minimum Gasteiger partial charge on any atom is -0.353 e. The molecule has 2 rings (SSSR count). The molecule has 2 heterocycles. The van der Waals surface area contributed by atoms with E-state index in [0.717, 1.165) is 32.2 Å². The molecule has 116 valence electrons. The molecule has 0 spiro atoms. The average Bonchev–Trinajstić information content (AvgIpc) is 2.85. The van der Waals surface area contributed by atoms with Crippen LogP contribution in [0.15, 0.2) is 17.5 Å². The van der Waals surface area contributed by atoms with Crippen molar-refractivity contribution in [2.24, 2.45) is 0 Å². The maximum Gasteiger partial charge on any atom is 0.222 e. The molecule has 0 aliphatic carbocycles. The third-order valence-corrected chi connectivity index (χ3v) is 4.67. The Kier molecular flexibility index (Phi) is 6.23. The Morgan fingerprint density at radius 3 is 3.05 bits per heavy atom. The van der Waals surface area contributed by atoms with E-state index in [1.165, 1.54) is 4.88 Å². The van der Waals surface area contributed by atoms with E-state index < -0.39 is 0 Å². The van der Waals surface area contributed by atoms with Crippen LogP contribution in [-0.2, 0) is 16.0 Å². The van der Waals surface area contributed by atoms with Gasteiger partial charge in [-0.15, -0.1) is 11.3 Å². The van der Waals surface area contributed by atoms with E-state index in [2.05, 4.69) is 16.8 Å². The van der Waals surface area contributed by atoms with Gasteiger partial charge in [-0.2, -0.15) is 0 Å². The summed E-state index contributed by atoms with van der Waals surface area (Å²) in [6.07, 6.45) is 5.07. The molecule has 0 saturated carbocycles. The van der Waals surface area contributed by atoms with Crippen molar-refractivity contribution < 1.29 is 9.59 Å². The summed E-state index contributed by atoms with van der Waals surface area (Å²) in [4.78, 5) is 27.0. The molecule has 2 amide bonds. The molecule has 0 bridgehead atoms. The summed E-state index contributed by atoms with van der Waals surface area (Å²) < 4.78 is 0. The number of nitrogens with zero attached hydrogens (tertiary/aromatic N) is 1. The first kappa shape index (κ1) is 16.0. The molecule has 1 fully saturated rings. The highest BCUT2D eigenvalue weighted by Gasteiger charge is 2.17. The molecule has 1 atom stereocenters. The lowest BCUT2D eigenvalue weighted by molar-refractivity contribution is -0.131. The summed E-state index contributed by atoms with van der Waals surface area (Å²) in [5, 5.41) is 5.07. The highest BCUT2D eigenvalue weighted by molar-refractivity contribution is 7.09. The molecule has 1 unspecified atom stereocenters. The molecule has 21 heavy (non-hydrogen) atoms. The van der Waals surface area contributed by atoms with Crippen LogP contribution in [0.3, 0.4) is 0 Å². The van der Waals surface area contributed by atoms with Gasteiger partial charge in [-0.25, -0.2) is 0 Å². The van der Waals surface area contributed by atoms with Crippen LogP contribution in [0.1, 0.15) is 43.9 Å². The number of rotatable bonds is 6. The first-order valence-electron chi connectivity index (χ1n) is 7.74. The third-order valence-electron chi connectivity index (χ3n) is 3.78. The van der Waals surface area contributed by atoms with Gasteiger partial charge in [0.25, 0.3) is 0 Å². The summed E-state index contributed by atoms with van der Waals surface area (Å²) in [6, 6.07) is 4.25. The monoisotopic (exact) mass is 308 g/mol. The molecule has 1 aromatic rings. The Bertz CT molecular complexity index is 459. The first-order valence-corrected chi connectivity index (χ1v) is 8.62. The van der Waals surface area contributed by atoms with Crippen molar-refractivity contribution in [2.75, 3.05) is 13.1 Å². The fraction of sp³-hybridized carbons (Fsp3) is 0.625. The lowest BCUT2D eigenvalue weighted by Gasteiger charge is -2.21. The van der Waals surface area contributed by atoms with Gasteiger partial charge in [0.1, 0.15) is 0 Å². The van der Waals surface area contributed by atoms with Crippen molar-refractivity contribution in [3.63, 3.8) is 0 Å². The Morgan fingerprint density at radius 1 is 1.43 bits per heavy atom. The van der Waals surface area contributed by atoms with Crippen molar-refractivity contribution in [3.8, 4) is 0 Å². The number of carbonyl (C=O) groups is 2. The molecule has 1 N–H and O–H groups in total. The predicted molar refractivity (Wildman–Crippen MR) is 85.3 cm³/mol. The lowest BCUT2D eigenvalue weighted by Crippen LogP contribution is -2.38. The van der Waals surface area contributed by atoms with E-state index in [9.17, 15) is 9.59 Å². The molecule has 1 aromatic heterocycles. The summed E-state index contributed by atoms with van der Waals surface area (Å²) in [5.41, 5.74) is 0. The number of thiophene rings is 1. The summed E-state index contributed by atoms with van der Waals surface area (Å²) >= 11 is 1.71. The zero-order valence-electron chi connectivity index (χ0n) is 12.6. The molecule has 1 aliphatic heterocycles. The lowest BCUT2D eigenvalue weighted by atomic mass is 10.2. The normalized spacial score (nSPS) is 17.4. The molecule has 0 aromatic carbocycles. The number of hydrogen-bond donors (Lipinski definition) is 1. The van der Waals surface area contributed by atoms with Gasteiger partial charge in [0.05, 0.1) is 0 Å². The third kappa shape index (κ3) is 5.50. The van der Waals surface area contributed by atoms with Crippen molar-refractivity contribution in [1.82, 2.24) is 10.2 Å². The second kappa shape index (κ2) is 8.17. The van der Waals surface area contributed by atoms with Crippen LogP contribution >= 0.6 is 11.3 Å². The van der Waals surface area contributed by atoms with E-state index >= 15 is 0 Å². The highest BCUT2D eigenvalue weighted by atomic mass is 32.1. The maximum absolute atomic E-state index is 12.0. The van der Waals surface area contributed by atoms with Crippen LogP contribution in [0.25, 0.3) is 0 Å². The van der Waals surface area contributed by atoms with Crippen LogP contribution in [-0.4, -0.2) is 35.8 Å². The smallest absolute Gasteiger partial charge is 0.222 e. The average molecular weight is 308 g/mol. The highest BCUT2D eigenvalue weighted by Crippen LogP contribution is 2.12. The van der Waals surface area contributed by atoms with Gasteiger partial charge in [0.15, 0.2) is 0 Å². The molecular formula is C16H24N2O2S. The molecular weight excluding hydrogens is 284 g/mol. The van der Waals surface area contributed by atoms with Crippen LogP contribution in [0.2, 0.25) is 0 Å². The van der Waals surface area contributed by atoms with Crippen molar-refractivity contribution in [3.05, 3.63) is 22.4 Å². The number of nitrogens with one attached hydrogen (secondary N) is 1. The number of likely N-dealkylation sites (tertiary alicyclic amines) is 1. The van der Waals surface area contributed by atoms with Crippen molar-refractivity contribution in [2.45, 2.75) is 51.5 Å². The molecule has 1 aliphatic rings. The Hall–Kier alpha value is -1.36. The van der Waals surface area contributed by atoms with Gasteiger partial charge in [0.2, 0.25) is 11.8 Å². The number of hydrogen-bond acceptors (Lipinski definition) is 3. The minimum atomic E-state index is 0.0381. The predicted octanol–water partition coefficient (Wildman–Crippen LogP) is 2.59. The summed E-state index contributed by atoms with van der Waals surface area (Å²) in [6.45, 7) is 3.38. The van der Waals surface area contributed by atoms with Crippen LogP contribution in [0.4, 0.5) is 0 Å². The quantitative estimate of drug-likeness (QED) is 0.878. The van der Waals surface area contributed by atoms with Crippen LogP contribution in [0.5, 0.6) is 0 Å². The summed E-state index contributed by atoms with van der Waals surface area (Å²) in [7, 11) is 0. The van der Waals surface area contributed by atoms with Gasteiger partial charge in [0, 0.05) is 43.3 Å². The second-order valence-electron chi connectivity index (χ2n) is 5.69. The Morgan fingerprint density at radius 2 is 2.29 bits per heavy atom. The van der Waals surface area contributed by atoms with E-state index in [0.29, 0.717) is 19.4 Å². The van der Waals surface area contributed by atoms with E-state index in [1.807, 2.05) is 17.9 Å². The van der Waals surface area contributed by atoms with Gasteiger partial charge in [-0.1, -0.05) is 12.5 Å².